The standard InChI is InChI=1S/C26H30N2OS2/c1-20(2)29-24-10-6-8-21(18-24)9-7-17-27-26(30)28-23-15-13-22(14-16-23)19-31-25-11-4-3-5-12-25/h3-6,8,10-16,18,20H,7,9,17,19H2,1-2H3,(H2,27,28,30). The second kappa shape index (κ2) is 12.4. The molecule has 0 aliphatic carbocycles. The Morgan fingerprint density at radius 2 is 1.71 bits per heavy atom. The number of anilines is 1. The van der Waals surface area contributed by atoms with Gasteiger partial charge >= 0.3 is 0 Å². The molecule has 0 fully saturated rings. The molecule has 0 aliphatic rings. The van der Waals surface area contributed by atoms with Crippen LogP contribution in [-0.4, -0.2) is 17.8 Å². The van der Waals surface area contributed by atoms with Gasteiger partial charge in [-0.2, -0.15) is 0 Å². The highest BCUT2D eigenvalue weighted by atomic mass is 32.2. The molecule has 162 valence electrons. The zero-order chi connectivity index (χ0) is 21.9. The van der Waals surface area contributed by atoms with E-state index in [4.69, 9.17) is 17.0 Å². The minimum Gasteiger partial charge on any atom is -0.491 e. The van der Waals surface area contributed by atoms with E-state index in [2.05, 4.69) is 77.4 Å². The van der Waals surface area contributed by atoms with E-state index >= 15 is 0 Å². The van der Waals surface area contributed by atoms with Gasteiger partial charge in [-0.15, -0.1) is 11.8 Å². The van der Waals surface area contributed by atoms with Crippen molar-refractivity contribution in [3.8, 4) is 5.75 Å². The molecular formula is C26H30N2OS2. The predicted molar refractivity (Wildman–Crippen MR) is 137 cm³/mol. The number of thioether (sulfide) groups is 1. The van der Waals surface area contributed by atoms with Gasteiger partial charge in [-0.3, -0.25) is 0 Å². The van der Waals surface area contributed by atoms with Crippen molar-refractivity contribution in [2.45, 2.75) is 43.4 Å². The zero-order valence-corrected chi connectivity index (χ0v) is 19.8. The minimum absolute atomic E-state index is 0.192. The Bertz CT molecular complexity index is 943. The Kier molecular flexibility index (Phi) is 9.25. The van der Waals surface area contributed by atoms with E-state index in [1.807, 2.05) is 37.7 Å². The van der Waals surface area contributed by atoms with Crippen LogP contribution in [0.15, 0.2) is 83.8 Å². The first-order chi connectivity index (χ1) is 15.1. The summed E-state index contributed by atoms with van der Waals surface area (Å²) in [5.41, 5.74) is 3.58. The van der Waals surface area contributed by atoms with E-state index < -0.39 is 0 Å². The Labute approximate surface area is 195 Å². The van der Waals surface area contributed by atoms with Crippen molar-refractivity contribution in [2.75, 3.05) is 11.9 Å². The highest BCUT2D eigenvalue weighted by Gasteiger charge is 2.02. The van der Waals surface area contributed by atoms with E-state index in [1.54, 1.807) is 0 Å². The van der Waals surface area contributed by atoms with Crippen molar-refractivity contribution in [3.63, 3.8) is 0 Å². The maximum Gasteiger partial charge on any atom is 0.170 e. The summed E-state index contributed by atoms with van der Waals surface area (Å²) < 4.78 is 5.76. The third-order valence-corrected chi connectivity index (χ3v) is 5.89. The molecule has 0 radical (unpaired) electrons. The molecule has 0 aliphatic heterocycles. The van der Waals surface area contributed by atoms with Gasteiger partial charge in [0.1, 0.15) is 5.75 Å². The fourth-order valence-electron chi connectivity index (χ4n) is 3.08. The molecule has 0 saturated carbocycles. The molecule has 0 atom stereocenters. The molecule has 0 saturated heterocycles. The Morgan fingerprint density at radius 3 is 2.45 bits per heavy atom. The molecule has 2 N–H and O–H groups in total. The number of thiocarbonyl (C=S) groups is 1. The van der Waals surface area contributed by atoms with Crippen molar-refractivity contribution < 1.29 is 4.74 Å². The lowest BCUT2D eigenvalue weighted by Crippen LogP contribution is -2.29. The van der Waals surface area contributed by atoms with Gasteiger partial charge in [-0.05, 0) is 86.4 Å². The van der Waals surface area contributed by atoms with Crippen LogP contribution in [0.2, 0.25) is 0 Å². The summed E-state index contributed by atoms with van der Waals surface area (Å²) in [4.78, 5) is 1.29. The second-order valence-electron chi connectivity index (χ2n) is 7.60. The van der Waals surface area contributed by atoms with E-state index in [0.717, 1.165) is 36.6 Å². The number of ether oxygens (including phenoxy) is 1. The molecule has 0 aromatic heterocycles. The smallest absolute Gasteiger partial charge is 0.170 e. The molecule has 5 heteroatoms. The van der Waals surface area contributed by atoms with Gasteiger partial charge in [0.05, 0.1) is 6.10 Å². The van der Waals surface area contributed by atoms with Gasteiger partial charge in [0.25, 0.3) is 0 Å². The van der Waals surface area contributed by atoms with Gasteiger partial charge < -0.3 is 15.4 Å². The first-order valence-electron chi connectivity index (χ1n) is 10.7. The number of nitrogens with one attached hydrogen (secondary N) is 2. The Morgan fingerprint density at radius 1 is 0.935 bits per heavy atom. The highest BCUT2D eigenvalue weighted by Crippen LogP contribution is 2.23. The number of rotatable bonds is 10. The molecule has 3 nitrogen and oxygen atoms in total. The maximum absolute atomic E-state index is 5.76. The van der Waals surface area contributed by atoms with Crippen molar-refractivity contribution in [1.82, 2.24) is 5.32 Å². The molecule has 0 unspecified atom stereocenters. The van der Waals surface area contributed by atoms with Crippen LogP contribution in [0.25, 0.3) is 0 Å². The van der Waals surface area contributed by atoms with E-state index in [1.165, 1.54) is 16.0 Å². The highest BCUT2D eigenvalue weighted by molar-refractivity contribution is 7.98. The minimum atomic E-state index is 0.192. The van der Waals surface area contributed by atoms with Crippen LogP contribution in [0.4, 0.5) is 5.69 Å². The summed E-state index contributed by atoms with van der Waals surface area (Å²) in [7, 11) is 0. The zero-order valence-electron chi connectivity index (χ0n) is 18.1. The first kappa shape index (κ1) is 23.2. The molecule has 3 rings (SSSR count). The van der Waals surface area contributed by atoms with Crippen molar-refractivity contribution in [3.05, 3.63) is 90.0 Å². The van der Waals surface area contributed by atoms with Crippen LogP contribution < -0.4 is 15.4 Å². The van der Waals surface area contributed by atoms with Crippen LogP contribution >= 0.6 is 24.0 Å². The van der Waals surface area contributed by atoms with E-state index in [0.29, 0.717) is 5.11 Å². The van der Waals surface area contributed by atoms with E-state index in [9.17, 15) is 0 Å². The fraction of sp³-hybridized carbons (Fsp3) is 0.269. The topological polar surface area (TPSA) is 33.3 Å². The third-order valence-electron chi connectivity index (χ3n) is 4.56. The third kappa shape index (κ3) is 8.64. The van der Waals surface area contributed by atoms with Crippen molar-refractivity contribution in [1.29, 1.82) is 0 Å². The lowest BCUT2D eigenvalue weighted by molar-refractivity contribution is 0.242. The number of hydrogen-bond acceptors (Lipinski definition) is 3. The summed E-state index contributed by atoms with van der Waals surface area (Å²) in [6, 6.07) is 27.2. The monoisotopic (exact) mass is 450 g/mol. The SMILES string of the molecule is CC(C)Oc1cccc(CCCNC(=S)Nc2ccc(CSc3ccccc3)cc2)c1. The number of aryl methyl sites for hydroxylation is 1. The van der Waals surface area contributed by atoms with E-state index in [-0.39, 0.29) is 6.10 Å². The molecule has 31 heavy (non-hydrogen) atoms. The van der Waals surface area contributed by atoms with Crippen LogP contribution in [-0.2, 0) is 12.2 Å². The predicted octanol–water partition coefficient (Wildman–Crippen LogP) is 6.69. The summed E-state index contributed by atoms with van der Waals surface area (Å²) in [6.07, 6.45) is 2.18. The summed E-state index contributed by atoms with van der Waals surface area (Å²) in [5, 5.41) is 7.22. The van der Waals surface area contributed by atoms with Gasteiger partial charge in [-0.25, -0.2) is 0 Å². The van der Waals surface area contributed by atoms with Gasteiger partial charge in [0, 0.05) is 22.9 Å². The molecule has 0 amide bonds. The quantitative estimate of drug-likeness (QED) is 0.204. The molecule has 3 aromatic carbocycles. The average molecular weight is 451 g/mol. The summed E-state index contributed by atoms with van der Waals surface area (Å²) in [5.74, 6) is 1.89. The lowest BCUT2D eigenvalue weighted by atomic mass is 10.1. The Balaban J connectivity index is 1.36. The van der Waals surface area contributed by atoms with Gasteiger partial charge in [-0.1, -0.05) is 42.5 Å². The van der Waals surface area contributed by atoms with Crippen molar-refractivity contribution >= 4 is 34.8 Å². The molecular weight excluding hydrogens is 420 g/mol. The normalized spacial score (nSPS) is 10.7. The van der Waals surface area contributed by atoms with Crippen LogP contribution in [0.3, 0.4) is 0 Å². The average Bonchev–Trinajstić information content (AvgIpc) is 2.77. The molecule has 3 aromatic rings. The molecule has 0 bridgehead atoms. The maximum atomic E-state index is 5.76. The number of benzene rings is 3. The van der Waals surface area contributed by atoms with Crippen LogP contribution in [0.5, 0.6) is 5.75 Å². The van der Waals surface area contributed by atoms with Gasteiger partial charge in [0.15, 0.2) is 5.11 Å². The summed E-state index contributed by atoms with van der Waals surface area (Å²) >= 11 is 7.28. The van der Waals surface area contributed by atoms with Crippen LogP contribution in [0.1, 0.15) is 31.4 Å². The second-order valence-corrected chi connectivity index (χ2v) is 9.05. The molecule has 0 heterocycles. The van der Waals surface area contributed by atoms with Gasteiger partial charge in [0.2, 0.25) is 0 Å². The lowest BCUT2D eigenvalue weighted by Gasteiger charge is -2.12. The first-order valence-corrected chi connectivity index (χ1v) is 12.0. The summed E-state index contributed by atoms with van der Waals surface area (Å²) in [6.45, 7) is 4.91. The Hall–Kier alpha value is -2.50. The van der Waals surface area contributed by atoms with Crippen LogP contribution in [0, 0.1) is 0 Å². The molecule has 0 spiro atoms. The largest absolute Gasteiger partial charge is 0.491 e. The van der Waals surface area contributed by atoms with Crippen molar-refractivity contribution in [2.24, 2.45) is 0 Å². The fourth-order valence-corrected chi connectivity index (χ4v) is 4.18. The number of hydrogen-bond donors (Lipinski definition) is 2.